The van der Waals surface area contributed by atoms with Gasteiger partial charge in [-0.05, 0) is 12.5 Å². The molecule has 0 saturated carbocycles. The van der Waals surface area contributed by atoms with Crippen LogP contribution in [0, 0.1) is 0 Å². The molecule has 4 heterocycles. The summed E-state index contributed by atoms with van der Waals surface area (Å²) in [6.45, 7) is 1.24. The van der Waals surface area contributed by atoms with Crippen LogP contribution in [0.4, 0.5) is 5.13 Å². The lowest BCUT2D eigenvalue weighted by atomic mass is 10.0. The van der Waals surface area contributed by atoms with Crippen LogP contribution in [0.2, 0.25) is 0 Å². The number of carboxylic acids is 1. The number of hydrogen-bond donors (Lipinski definition) is 3. The Morgan fingerprint density at radius 1 is 1.38 bits per heavy atom. The Morgan fingerprint density at radius 2 is 2.19 bits per heavy atom. The number of carbonyl (C=O) groups excluding carboxylic acids is 3. The Kier molecular flexibility index (Phi) is 8.62. The summed E-state index contributed by atoms with van der Waals surface area (Å²) in [6.07, 6.45) is 0. The van der Waals surface area contributed by atoms with Crippen LogP contribution in [0.15, 0.2) is 31.7 Å². The number of carboxylic acid groups (broad SMARTS) is 1. The minimum absolute atomic E-state index is 0.0888. The molecule has 2 aromatic rings. The number of ether oxygens (including phenoxy) is 1. The number of oxime groups is 1. The van der Waals surface area contributed by atoms with Crippen molar-refractivity contribution < 1.29 is 33.9 Å². The smallest absolute Gasteiger partial charge is 0.352 e. The van der Waals surface area contributed by atoms with Gasteiger partial charge in [-0.25, -0.2) is 14.6 Å². The molecule has 4 N–H and O–H groups in total. The zero-order valence-corrected chi connectivity index (χ0v) is 22.2. The predicted molar refractivity (Wildman–Crippen MR) is 136 cm³/mol. The van der Waals surface area contributed by atoms with E-state index in [-0.39, 0.29) is 28.8 Å². The molecule has 1 saturated heterocycles. The molecule has 0 aromatic carbocycles. The molecule has 2 aromatic heterocycles. The van der Waals surface area contributed by atoms with Gasteiger partial charge in [-0.15, -0.1) is 33.3 Å². The van der Waals surface area contributed by atoms with Crippen molar-refractivity contribution in [2.75, 3.05) is 30.5 Å². The van der Waals surface area contributed by atoms with Crippen molar-refractivity contribution in [1.82, 2.24) is 25.4 Å². The van der Waals surface area contributed by atoms with Gasteiger partial charge in [0.25, 0.3) is 11.8 Å². The van der Waals surface area contributed by atoms with Gasteiger partial charge in [0, 0.05) is 16.9 Å². The van der Waals surface area contributed by atoms with E-state index in [1.807, 2.05) is 0 Å². The molecule has 0 aliphatic carbocycles. The van der Waals surface area contributed by atoms with E-state index in [9.17, 15) is 24.3 Å². The SMILES string of the molecule is CCOC(=O)CO/N=C(\C(=O)NC1C(=O)N2C(C(=O)O)=C(CSc3nncs3)CS[C@H]12)c1csc(N)n1. The van der Waals surface area contributed by atoms with Gasteiger partial charge in [-0.3, -0.25) is 14.5 Å². The standard InChI is InChI=1S/C19H19N7O7S4/c1-2-32-10(27)3-33-25-11(9-6-35-18(20)22-9)14(28)23-12-15(29)26-13(17(30)31)8(4-34-16(12)26)5-36-19-24-21-7-37-19/h6-7,12,16H,2-5H2,1H3,(H2,20,22)(H,23,28)(H,30,31)/b25-11-/t12?,16-/m1/s1. The molecule has 0 spiro atoms. The van der Waals surface area contributed by atoms with Crippen molar-refractivity contribution in [3.05, 3.63) is 27.9 Å². The van der Waals surface area contributed by atoms with E-state index in [0.717, 1.165) is 11.3 Å². The molecule has 0 radical (unpaired) electrons. The molecular weight excluding hydrogens is 567 g/mol. The van der Waals surface area contributed by atoms with Crippen LogP contribution in [0.5, 0.6) is 0 Å². The lowest BCUT2D eigenvalue weighted by molar-refractivity contribution is -0.150. The summed E-state index contributed by atoms with van der Waals surface area (Å²) < 4.78 is 5.44. The van der Waals surface area contributed by atoms with Gasteiger partial charge < -0.3 is 25.7 Å². The van der Waals surface area contributed by atoms with Crippen LogP contribution in [0.1, 0.15) is 12.6 Å². The summed E-state index contributed by atoms with van der Waals surface area (Å²) >= 11 is 5.06. The third kappa shape index (κ3) is 6.03. The number of β-lactam (4-membered cyclic amide) rings is 1. The number of aliphatic carboxylic acids is 1. The average Bonchev–Trinajstić information content (AvgIpc) is 3.55. The number of fused-ring (bicyclic) bond motifs is 1. The predicted octanol–water partition coefficient (Wildman–Crippen LogP) is 0.392. The first-order valence-electron chi connectivity index (χ1n) is 10.5. The Labute approximate surface area is 225 Å². The highest BCUT2D eigenvalue weighted by Gasteiger charge is 2.54. The van der Waals surface area contributed by atoms with E-state index in [0.29, 0.717) is 21.4 Å². The number of nitrogens with zero attached hydrogens (tertiary/aromatic N) is 5. The maximum atomic E-state index is 13.1. The first-order valence-corrected chi connectivity index (χ1v) is 14.3. The minimum atomic E-state index is -1.23. The average molecular weight is 586 g/mol. The van der Waals surface area contributed by atoms with Crippen molar-refractivity contribution in [1.29, 1.82) is 0 Å². The van der Waals surface area contributed by atoms with Crippen molar-refractivity contribution >= 4 is 80.8 Å². The highest BCUT2D eigenvalue weighted by molar-refractivity contribution is 8.01. The third-order valence-corrected chi connectivity index (χ3v) is 8.83. The largest absolute Gasteiger partial charge is 0.477 e. The molecule has 196 valence electrons. The maximum absolute atomic E-state index is 13.1. The van der Waals surface area contributed by atoms with Crippen molar-refractivity contribution in [3.8, 4) is 0 Å². The molecule has 1 fully saturated rings. The fourth-order valence-corrected chi connectivity index (χ4v) is 6.85. The van der Waals surface area contributed by atoms with Gasteiger partial charge >= 0.3 is 11.9 Å². The maximum Gasteiger partial charge on any atom is 0.352 e. The Bertz CT molecular complexity index is 1260. The van der Waals surface area contributed by atoms with Crippen LogP contribution in [-0.2, 0) is 28.8 Å². The molecule has 4 rings (SSSR count). The van der Waals surface area contributed by atoms with Gasteiger partial charge in [0.15, 0.2) is 15.2 Å². The van der Waals surface area contributed by atoms with E-state index in [1.165, 1.54) is 45.1 Å². The van der Waals surface area contributed by atoms with Crippen LogP contribution >= 0.6 is 46.2 Å². The molecule has 0 bridgehead atoms. The highest BCUT2D eigenvalue weighted by Crippen LogP contribution is 2.41. The van der Waals surface area contributed by atoms with Gasteiger partial charge in [0.2, 0.25) is 6.61 Å². The highest BCUT2D eigenvalue weighted by atomic mass is 32.2. The van der Waals surface area contributed by atoms with Crippen molar-refractivity contribution in [2.45, 2.75) is 22.7 Å². The van der Waals surface area contributed by atoms with Gasteiger partial charge in [-0.1, -0.05) is 28.3 Å². The number of nitrogen functional groups attached to an aromatic ring is 1. The summed E-state index contributed by atoms with van der Waals surface area (Å²) in [5, 5.41) is 24.8. The number of rotatable bonds is 11. The summed E-state index contributed by atoms with van der Waals surface area (Å²) in [6, 6.07) is -1.00. The summed E-state index contributed by atoms with van der Waals surface area (Å²) in [7, 11) is 0. The van der Waals surface area contributed by atoms with E-state index >= 15 is 0 Å². The number of anilines is 1. The van der Waals surface area contributed by atoms with Gasteiger partial charge in [0.05, 0.1) is 6.61 Å². The second-order valence-corrected chi connectivity index (χ2v) is 11.3. The van der Waals surface area contributed by atoms with Crippen molar-refractivity contribution in [3.63, 3.8) is 0 Å². The van der Waals surface area contributed by atoms with Crippen LogP contribution in [0.3, 0.4) is 0 Å². The second kappa shape index (κ2) is 11.9. The van der Waals surface area contributed by atoms with E-state index in [2.05, 4.69) is 25.7 Å². The fraction of sp³-hybridized carbons (Fsp3) is 0.368. The minimum Gasteiger partial charge on any atom is -0.477 e. The lowest BCUT2D eigenvalue weighted by Gasteiger charge is -2.49. The number of nitrogens with two attached hydrogens (primary N) is 1. The van der Waals surface area contributed by atoms with E-state index in [1.54, 1.807) is 12.4 Å². The number of amides is 2. The number of aromatic nitrogens is 3. The van der Waals surface area contributed by atoms with Crippen LogP contribution < -0.4 is 11.1 Å². The zero-order valence-electron chi connectivity index (χ0n) is 19.0. The topological polar surface area (TPSA) is 199 Å². The molecule has 2 aliphatic heterocycles. The van der Waals surface area contributed by atoms with Gasteiger partial charge in [0.1, 0.15) is 28.3 Å². The van der Waals surface area contributed by atoms with Gasteiger partial charge in [-0.2, -0.15) is 0 Å². The molecule has 2 aliphatic rings. The number of nitrogens with one attached hydrogen (secondary N) is 1. The Balaban J connectivity index is 1.47. The Hall–Kier alpha value is -3.22. The van der Waals surface area contributed by atoms with E-state index in [4.69, 9.17) is 15.3 Å². The van der Waals surface area contributed by atoms with E-state index < -0.39 is 41.8 Å². The first-order chi connectivity index (χ1) is 17.8. The molecule has 37 heavy (non-hydrogen) atoms. The zero-order chi connectivity index (χ0) is 26.5. The second-order valence-electron chi connectivity index (χ2n) is 7.20. The molecular formula is C19H19N7O7S4. The van der Waals surface area contributed by atoms with Crippen LogP contribution in [-0.4, -0.2) is 90.8 Å². The summed E-state index contributed by atoms with van der Waals surface area (Å²) in [5.41, 5.74) is 7.50. The molecule has 18 heteroatoms. The number of thiazole rings is 1. The normalized spacial score (nSPS) is 19.2. The lowest BCUT2D eigenvalue weighted by Crippen LogP contribution is -2.71. The monoisotopic (exact) mass is 585 g/mol. The Morgan fingerprint density at radius 3 is 2.84 bits per heavy atom. The summed E-state index contributed by atoms with van der Waals surface area (Å²) in [5.74, 6) is -2.61. The molecule has 14 nitrogen and oxygen atoms in total. The molecule has 2 amide bonds. The number of esters is 1. The number of carbonyl (C=O) groups is 4. The first kappa shape index (κ1) is 26.8. The van der Waals surface area contributed by atoms with Crippen LogP contribution in [0.25, 0.3) is 0 Å². The fourth-order valence-electron chi connectivity index (χ4n) is 3.33. The molecule has 1 unspecified atom stereocenters. The third-order valence-electron chi connectivity index (χ3n) is 4.87. The number of thioether (sulfide) groups is 2. The molecule has 2 atom stereocenters. The van der Waals surface area contributed by atoms with Crippen molar-refractivity contribution in [2.24, 2.45) is 5.16 Å². The summed E-state index contributed by atoms with van der Waals surface area (Å²) in [4.78, 5) is 59.7. The number of hydrogen-bond acceptors (Lipinski definition) is 15. The quantitative estimate of drug-likeness (QED) is 0.108.